The maximum atomic E-state index is 13.5. The molecule has 0 radical (unpaired) electrons. The normalized spacial score (nSPS) is 15.5. The number of halogens is 2. The van der Waals surface area contributed by atoms with Gasteiger partial charge < -0.3 is 14.6 Å². The monoisotopic (exact) mass is 584 g/mol. The average Bonchev–Trinajstić information content (AvgIpc) is 3.16. The van der Waals surface area contributed by atoms with E-state index in [2.05, 4.69) is 20.9 Å². The maximum absolute atomic E-state index is 13.5. The van der Waals surface area contributed by atoms with Gasteiger partial charge in [0.2, 0.25) is 0 Å². The van der Waals surface area contributed by atoms with Crippen LogP contribution in [0.4, 0.5) is 10.1 Å². The molecule has 0 aliphatic carbocycles. The lowest BCUT2D eigenvalue weighted by molar-refractivity contribution is -0.122. The maximum Gasteiger partial charge on any atom is 0.335 e. The zero-order valence-corrected chi connectivity index (χ0v) is 22.3. The average molecular weight is 585 g/mol. The highest BCUT2D eigenvalue weighted by molar-refractivity contribution is 9.10. The van der Waals surface area contributed by atoms with Crippen molar-refractivity contribution < 1.29 is 28.6 Å². The van der Waals surface area contributed by atoms with Crippen molar-refractivity contribution in [1.29, 1.82) is 0 Å². The zero-order chi connectivity index (χ0) is 26.5. The van der Waals surface area contributed by atoms with Crippen LogP contribution in [0.5, 0.6) is 11.5 Å². The lowest BCUT2D eigenvalue weighted by Crippen LogP contribution is -2.28. The summed E-state index contributed by atoms with van der Waals surface area (Å²) in [4.78, 5) is 30.7. The minimum atomic E-state index is -1.02. The summed E-state index contributed by atoms with van der Waals surface area (Å²) in [7, 11) is 1.52. The molecule has 3 aromatic rings. The van der Waals surface area contributed by atoms with Crippen LogP contribution >= 0.6 is 27.7 Å². The highest BCUT2D eigenvalue weighted by Gasteiger charge is 2.32. The van der Waals surface area contributed by atoms with Crippen LogP contribution in [-0.4, -0.2) is 40.7 Å². The first kappa shape index (κ1) is 26.4. The molecule has 1 fully saturated rings. The molecular weight excluding hydrogens is 563 g/mol. The topological polar surface area (TPSA) is 88.4 Å². The van der Waals surface area contributed by atoms with Gasteiger partial charge >= 0.3 is 5.97 Å². The first-order valence-electron chi connectivity index (χ1n) is 11.2. The van der Waals surface area contributed by atoms with Crippen molar-refractivity contribution in [1.82, 2.24) is 4.90 Å². The van der Waals surface area contributed by atoms with E-state index in [1.54, 1.807) is 47.4 Å². The van der Waals surface area contributed by atoms with Gasteiger partial charge in [0.25, 0.3) is 5.91 Å². The number of rotatable bonds is 8. The van der Waals surface area contributed by atoms with Gasteiger partial charge in [0, 0.05) is 6.54 Å². The largest absolute Gasteiger partial charge is 0.493 e. The second-order valence-electron chi connectivity index (χ2n) is 7.86. The fourth-order valence-corrected chi connectivity index (χ4v) is 5.19. The summed E-state index contributed by atoms with van der Waals surface area (Å²) >= 11 is 4.75. The van der Waals surface area contributed by atoms with Crippen LogP contribution in [0, 0.1) is 5.82 Å². The van der Waals surface area contributed by atoms with Crippen molar-refractivity contribution in [3.63, 3.8) is 0 Å². The van der Waals surface area contributed by atoms with Crippen LogP contribution in [0.1, 0.15) is 28.4 Å². The van der Waals surface area contributed by atoms with E-state index in [4.69, 9.17) is 14.6 Å². The third-order valence-electron chi connectivity index (χ3n) is 5.37. The Hall–Kier alpha value is -3.63. The van der Waals surface area contributed by atoms with Crippen molar-refractivity contribution >= 4 is 56.5 Å². The highest BCUT2D eigenvalue weighted by Crippen LogP contribution is 2.40. The van der Waals surface area contributed by atoms with Crippen molar-refractivity contribution in [2.45, 2.75) is 13.5 Å². The Morgan fingerprint density at radius 1 is 1.19 bits per heavy atom. The molecule has 7 nitrogen and oxygen atoms in total. The molecular formula is C27H22BrFN2O5S. The number of carboxylic acid groups (broad SMARTS) is 1. The number of nitrogens with zero attached hydrogens (tertiary/aromatic N) is 2. The highest BCUT2D eigenvalue weighted by atomic mass is 79.9. The van der Waals surface area contributed by atoms with E-state index in [1.165, 1.54) is 43.1 Å². The molecule has 0 spiro atoms. The summed E-state index contributed by atoms with van der Waals surface area (Å²) in [5, 5.41) is 9.58. The Morgan fingerprint density at radius 2 is 1.95 bits per heavy atom. The summed E-state index contributed by atoms with van der Waals surface area (Å²) in [5.74, 6) is -0.629. The number of hydrogen-bond donors (Lipinski definition) is 1. The molecule has 0 saturated carbocycles. The van der Waals surface area contributed by atoms with Crippen LogP contribution in [0.3, 0.4) is 0 Å². The number of hydrogen-bond acceptors (Lipinski definition) is 6. The molecule has 1 heterocycles. The predicted octanol–water partition coefficient (Wildman–Crippen LogP) is 6.50. The van der Waals surface area contributed by atoms with E-state index in [1.807, 2.05) is 6.92 Å². The van der Waals surface area contributed by atoms with E-state index in [0.29, 0.717) is 49.4 Å². The minimum absolute atomic E-state index is 0.153. The smallest absolute Gasteiger partial charge is 0.335 e. The third kappa shape index (κ3) is 6.20. The molecule has 1 aliphatic heterocycles. The number of carbonyl (C=O) groups excluding carboxylic acids is 1. The number of aromatic carboxylic acids is 1. The number of amidine groups is 1. The summed E-state index contributed by atoms with van der Waals surface area (Å²) < 4.78 is 25.5. The second kappa shape index (κ2) is 11.6. The molecule has 1 aliphatic rings. The fraction of sp³-hybridized carbons (Fsp3) is 0.148. The molecule has 0 bridgehead atoms. The summed E-state index contributed by atoms with van der Waals surface area (Å²) in [5.41, 5.74) is 2.09. The Morgan fingerprint density at radius 3 is 2.59 bits per heavy atom. The van der Waals surface area contributed by atoms with Crippen LogP contribution in [0.25, 0.3) is 6.08 Å². The summed E-state index contributed by atoms with van der Waals surface area (Å²) in [6.07, 6.45) is 1.75. The van der Waals surface area contributed by atoms with Gasteiger partial charge in [0.05, 0.1) is 27.7 Å². The number of methoxy groups -OCH3 is 1. The first-order chi connectivity index (χ1) is 17.8. The fourth-order valence-electron chi connectivity index (χ4n) is 3.56. The van der Waals surface area contributed by atoms with Crippen LogP contribution in [-0.2, 0) is 11.4 Å². The van der Waals surface area contributed by atoms with E-state index >= 15 is 0 Å². The van der Waals surface area contributed by atoms with Crippen molar-refractivity contribution in [3.05, 3.63) is 92.5 Å². The van der Waals surface area contributed by atoms with E-state index in [9.17, 15) is 14.0 Å². The van der Waals surface area contributed by atoms with Gasteiger partial charge in [-0.3, -0.25) is 9.69 Å². The third-order valence-corrected chi connectivity index (χ3v) is 6.96. The summed E-state index contributed by atoms with van der Waals surface area (Å²) in [6, 6.07) is 15.9. The SMILES string of the molecule is CCN1C(=O)/C(=C/c2cc(Br)c(OCc3cccc(F)c3)c(OC)c2)SC1=Nc1ccc(C(=O)O)cc1. The van der Waals surface area contributed by atoms with Gasteiger partial charge in [-0.15, -0.1) is 0 Å². The number of aliphatic imine (C=N–C) groups is 1. The molecule has 1 amide bonds. The molecule has 3 aromatic carbocycles. The number of benzene rings is 3. The molecule has 37 heavy (non-hydrogen) atoms. The molecule has 1 saturated heterocycles. The molecule has 0 atom stereocenters. The molecule has 1 N–H and O–H groups in total. The molecule has 190 valence electrons. The Bertz CT molecular complexity index is 1410. The van der Waals surface area contributed by atoms with Gasteiger partial charge in [0.15, 0.2) is 16.7 Å². The van der Waals surface area contributed by atoms with Gasteiger partial charge in [-0.1, -0.05) is 12.1 Å². The van der Waals surface area contributed by atoms with E-state index in [-0.39, 0.29) is 23.9 Å². The number of amides is 1. The molecule has 0 aromatic heterocycles. The van der Waals surface area contributed by atoms with Gasteiger partial charge in [-0.2, -0.15) is 0 Å². The van der Waals surface area contributed by atoms with Crippen molar-refractivity contribution in [2.75, 3.05) is 13.7 Å². The number of carboxylic acids is 1. The Balaban J connectivity index is 1.58. The van der Waals surface area contributed by atoms with Crippen molar-refractivity contribution in [3.8, 4) is 11.5 Å². The quantitative estimate of drug-likeness (QED) is 0.304. The van der Waals surface area contributed by atoms with E-state index < -0.39 is 5.97 Å². The molecule has 4 rings (SSSR count). The van der Waals surface area contributed by atoms with Gasteiger partial charge in [0.1, 0.15) is 12.4 Å². The Kier molecular flexibility index (Phi) is 8.30. The van der Waals surface area contributed by atoms with E-state index in [0.717, 1.165) is 0 Å². The van der Waals surface area contributed by atoms with Crippen LogP contribution < -0.4 is 9.47 Å². The van der Waals surface area contributed by atoms with Crippen LogP contribution in [0.2, 0.25) is 0 Å². The van der Waals surface area contributed by atoms with Gasteiger partial charge in [-0.05, 0) is 100 Å². The molecule has 0 unspecified atom stereocenters. The Labute approximate surface area is 225 Å². The summed E-state index contributed by atoms with van der Waals surface area (Å²) in [6.45, 7) is 2.43. The lowest BCUT2D eigenvalue weighted by atomic mass is 10.1. The first-order valence-corrected chi connectivity index (χ1v) is 12.8. The van der Waals surface area contributed by atoms with Crippen molar-refractivity contribution in [2.24, 2.45) is 4.99 Å². The zero-order valence-electron chi connectivity index (χ0n) is 19.9. The number of thioether (sulfide) groups is 1. The number of likely N-dealkylation sites (N-methyl/N-ethyl adjacent to an activating group) is 1. The minimum Gasteiger partial charge on any atom is -0.493 e. The molecule has 10 heteroatoms. The number of ether oxygens (including phenoxy) is 2. The standard InChI is InChI=1S/C27H22BrFN2O5S/c1-3-31-25(32)23(37-27(31)30-20-9-7-18(8-10-20)26(33)34)14-17-12-21(28)24(22(13-17)35-2)36-15-16-5-4-6-19(29)11-16/h4-14H,3,15H2,1-2H3,(H,33,34)/b23-14-,30-27?. The number of carbonyl (C=O) groups is 2. The second-order valence-corrected chi connectivity index (χ2v) is 9.72. The van der Waals surface area contributed by atoms with Crippen LogP contribution in [0.15, 0.2) is 75.0 Å². The lowest BCUT2D eigenvalue weighted by Gasteiger charge is -2.14. The predicted molar refractivity (Wildman–Crippen MR) is 145 cm³/mol. The van der Waals surface area contributed by atoms with Gasteiger partial charge in [-0.25, -0.2) is 14.2 Å².